The molecule has 1 saturated heterocycles. The Bertz CT molecular complexity index is 1920. The number of likely N-dealkylation sites (tertiary alicyclic amines) is 1. The molecule has 1 aliphatic carbocycles. The van der Waals surface area contributed by atoms with Crippen LogP contribution in [0.15, 0.2) is 53.7 Å². The van der Waals surface area contributed by atoms with E-state index in [1.165, 1.54) is 3.97 Å². The van der Waals surface area contributed by atoms with Gasteiger partial charge >= 0.3 is 12.1 Å². The third-order valence-corrected chi connectivity index (χ3v) is 10.6. The van der Waals surface area contributed by atoms with E-state index in [0.29, 0.717) is 47.8 Å². The Labute approximate surface area is 274 Å². The van der Waals surface area contributed by atoms with E-state index in [-0.39, 0.29) is 29.4 Å². The van der Waals surface area contributed by atoms with Gasteiger partial charge in [0.2, 0.25) is 5.91 Å². The van der Waals surface area contributed by atoms with Gasteiger partial charge in [0.05, 0.1) is 35.2 Å². The zero-order valence-corrected chi connectivity index (χ0v) is 27.0. The van der Waals surface area contributed by atoms with Gasteiger partial charge < -0.3 is 19.3 Å². The average Bonchev–Trinajstić information content (AvgIpc) is 3.67. The number of carboxylic acids is 1. The predicted octanol–water partition coefficient (Wildman–Crippen LogP) is 5.08. The molecule has 0 radical (unpaired) electrons. The number of methoxy groups -OCH3 is 1. The summed E-state index contributed by atoms with van der Waals surface area (Å²) in [5, 5.41) is 17.0. The number of amides is 1. The molecule has 12 nitrogen and oxygen atoms in total. The van der Waals surface area contributed by atoms with E-state index in [9.17, 15) is 31.6 Å². The van der Waals surface area contributed by atoms with Gasteiger partial charge in [-0.25, -0.2) is 27.2 Å². The minimum atomic E-state index is -5.08. The maximum Gasteiger partial charge on any atom is 0.490 e. The number of alkyl halides is 3. The van der Waals surface area contributed by atoms with Gasteiger partial charge in [-0.05, 0) is 62.6 Å². The van der Waals surface area contributed by atoms with E-state index in [1.807, 2.05) is 4.90 Å². The molecule has 1 aromatic carbocycles. The van der Waals surface area contributed by atoms with Crippen LogP contribution in [0.25, 0.3) is 22.1 Å². The second kappa shape index (κ2) is 14.3. The number of nitriles is 1. The van der Waals surface area contributed by atoms with E-state index in [1.54, 1.807) is 55.9 Å². The molecule has 0 spiro atoms. The Morgan fingerprint density at radius 2 is 1.71 bits per heavy atom. The number of pyridine rings is 1. The number of aromatic nitrogens is 4. The van der Waals surface area contributed by atoms with Crippen molar-refractivity contribution in [3.05, 3.63) is 54.6 Å². The Morgan fingerprint density at radius 3 is 2.29 bits per heavy atom. The number of carbonyl (C=O) groups is 2. The molecule has 4 aromatic rings. The van der Waals surface area contributed by atoms with Gasteiger partial charge in [-0.3, -0.25) is 4.79 Å². The molecule has 16 heteroatoms. The fourth-order valence-electron chi connectivity index (χ4n) is 6.44. The number of hydrogen-bond donors (Lipinski definition) is 1. The first-order valence-electron chi connectivity index (χ1n) is 15.5. The summed E-state index contributed by atoms with van der Waals surface area (Å²) >= 11 is 0. The Kier molecular flexibility index (Phi) is 10.4. The van der Waals surface area contributed by atoms with Gasteiger partial charge in [-0.15, -0.1) is 0 Å². The molecule has 4 heterocycles. The number of imidazole rings is 1. The molecule has 3 aromatic heterocycles. The zero-order valence-electron chi connectivity index (χ0n) is 26.1. The first-order valence-corrected chi connectivity index (χ1v) is 16.9. The van der Waals surface area contributed by atoms with E-state index >= 15 is 0 Å². The fraction of sp³-hybridized carbons (Fsp3) is 0.469. The number of aliphatic carboxylic acids is 1. The number of piperidine rings is 1. The highest BCUT2D eigenvalue weighted by Gasteiger charge is 2.38. The zero-order chi connectivity index (χ0) is 34.6. The van der Waals surface area contributed by atoms with Gasteiger partial charge in [-0.2, -0.15) is 18.4 Å². The lowest BCUT2D eigenvalue weighted by Gasteiger charge is -2.32. The monoisotopic (exact) mass is 688 g/mol. The summed E-state index contributed by atoms with van der Waals surface area (Å²) in [5.41, 5.74) is 1.79. The van der Waals surface area contributed by atoms with Crippen molar-refractivity contribution in [2.75, 3.05) is 20.2 Å². The Hall–Kier alpha value is -4.49. The molecular weight excluding hydrogens is 653 g/mol. The van der Waals surface area contributed by atoms with Crippen LogP contribution in [0.3, 0.4) is 0 Å². The summed E-state index contributed by atoms with van der Waals surface area (Å²) in [5.74, 6) is -1.68. The lowest BCUT2D eigenvalue weighted by Crippen LogP contribution is -2.41. The molecule has 1 saturated carbocycles. The van der Waals surface area contributed by atoms with E-state index in [0.717, 1.165) is 44.0 Å². The second-order valence-electron chi connectivity index (χ2n) is 11.9. The smallest absolute Gasteiger partial charge is 0.475 e. The van der Waals surface area contributed by atoms with Crippen LogP contribution in [0.2, 0.25) is 0 Å². The number of fused-ring (bicyclic) bond motifs is 3. The molecule has 1 amide bonds. The fourth-order valence-corrected chi connectivity index (χ4v) is 7.76. The topological polar surface area (TPSA) is 160 Å². The third kappa shape index (κ3) is 7.31. The highest BCUT2D eigenvalue weighted by Crippen LogP contribution is 2.38. The summed E-state index contributed by atoms with van der Waals surface area (Å²) < 4.78 is 67.6. The second-order valence-corrected chi connectivity index (χ2v) is 13.7. The number of carbonyl (C=O) groups excluding carboxylic acids is 1. The van der Waals surface area contributed by atoms with E-state index in [2.05, 4.69) is 15.6 Å². The van der Waals surface area contributed by atoms with Crippen LogP contribution in [-0.4, -0.2) is 81.3 Å². The summed E-state index contributed by atoms with van der Waals surface area (Å²) in [7, 11) is -2.14. The SMILES string of the molecule is COC1CCN(C(=O)Cc2nc3cnc4c(ccn4S(=O)(=O)c4ccccc4)c3n2[C@H]2CC[C@H](CC#N)CC2)CC1.O=C(O)C(F)(F)F. The summed E-state index contributed by atoms with van der Waals surface area (Å²) in [6, 6.07) is 12.5. The van der Waals surface area contributed by atoms with Crippen LogP contribution in [0.1, 0.15) is 56.8 Å². The Morgan fingerprint density at radius 1 is 1.06 bits per heavy atom. The van der Waals surface area contributed by atoms with Crippen molar-refractivity contribution in [1.82, 2.24) is 23.4 Å². The number of ether oxygens (including phenoxy) is 1. The number of benzene rings is 1. The van der Waals surface area contributed by atoms with Crippen LogP contribution in [-0.2, 0) is 30.8 Å². The van der Waals surface area contributed by atoms with Crippen LogP contribution in [0.4, 0.5) is 13.2 Å². The van der Waals surface area contributed by atoms with Crippen LogP contribution in [0.5, 0.6) is 0 Å². The van der Waals surface area contributed by atoms with Crippen molar-refractivity contribution in [2.24, 2.45) is 5.92 Å². The lowest BCUT2D eigenvalue weighted by atomic mass is 9.84. The summed E-state index contributed by atoms with van der Waals surface area (Å²) in [4.78, 5) is 33.9. The maximum absolute atomic E-state index is 13.5. The van der Waals surface area contributed by atoms with Gasteiger partial charge in [0.1, 0.15) is 11.3 Å². The third-order valence-electron chi connectivity index (χ3n) is 8.94. The van der Waals surface area contributed by atoms with Gasteiger partial charge in [0, 0.05) is 44.2 Å². The summed E-state index contributed by atoms with van der Waals surface area (Å²) in [6.45, 7) is 1.31. The van der Waals surface area contributed by atoms with Crippen molar-refractivity contribution >= 4 is 44.0 Å². The highest BCUT2D eigenvalue weighted by atomic mass is 32.2. The standard InChI is InChI=1S/C30H34N6O4S.C2HF3O2/c1-40-23-12-16-34(17-13-23)28(37)19-27-33-26-20-32-30-25(14-18-35(30)41(38,39)24-5-3-2-4-6-24)29(26)36(27)22-9-7-21(8-10-22)11-15-31;3-2(4,5)1(6)7/h2-6,14,18,20-23H,7-13,16-17,19H2,1H3;(H,6,7)/t21-,22-;. The molecule has 48 heavy (non-hydrogen) atoms. The predicted molar refractivity (Wildman–Crippen MR) is 167 cm³/mol. The number of hydrogen-bond acceptors (Lipinski definition) is 8. The van der Waals surface area contributed by atoms with Crippen LogP contribution in [0, 0.1) is 17.2 Å². The molecule has 1 aliphatic heterocycles. The summed E-state index contributed by atoms with van der Waals surface area (Å²) in [6.07, 6.45) is 4.18. The first-order chi connectivity index (χ1) is 22.8. The highest BCUT2D eigenvalue weighted by molar-refractivity contribution is 7.90. The van der Waals surface area contributed by atoms with Crippen LogP contribution < -0.4 is 0 Å². The molecule has 256 valence electrons. The largest absolute Gasteiger partial charge is 0.490 e. The number of halogens is 3. The Balaban J connectivity index is 0.000000582. The number of carboxylic acid groups (broad SMARTS) is 1. The average molecular weight is 689 g/mol. The van der Waals surface area contributed by atoms with E-state index in [4.69, 9.17) is 19.6 Å². The minimum Gasteiger partial charge on any atom is -0.475 e. The van der Waals surface area contributed by atoms with Crippen molar-refractivity contribution in [2.45, 2.75) is 74.6 Å². The number of nitrogens with zero attached hydrogens (tertiary/aromatic N) is 6. The number of rotatable bonds is 7. The quantitative estimate of drug-likeness (QED) is 0.279. The molecule has 2 fully saturated rings. The van der Waals surface area contributed by atoms with Gasteiger partial charge in [-0.1, -0.05) is 18.2 Å². The van der Waals surface area contributed by atoms with Crippen molar-refractivity contribution < 1.29 is 41.0 Å². The minimum absolute atomic E-state index is 0.0303. The van der Waals surface area contributed by atoms with Crippen molar-refractivity contribution in [1.29, 1.82) is 5.26 Å². The lowest BCUT2D eigenvalue weighted by molar-refractivity contribution is -0.192. The molecule has 1 N–H and O–H groups in total. The molecule has 0 unspecified atom stereocenters. The van der Waals surface area contributed by atoms with Crippen LogP contribution >= 0.6 is 0 Å². The van der Waals surface area contributed by atoms with Gasteiger partial charge in [0.25, 0.3) is 10.0 Å². The molecule has 0 atom stereocenters. The molecular formula is C32H35F3N6O6S. The van der Waals surface area contributed by atoms with Crippen molar-refractivity contribution in [3.8, 4) is 6.07 Å². The normalized spacial score (nSPS) is 19.1. The molecule has 6 rings (SSSR count). The van der Waals surface area contributed by atoms with Gasteiger partial charge in [0.15, 0.2) is 5.65 Å². The van der Waals surface area contributed by atoms with Crippen molar-refractivity contribution in [3.63, 3.8) is 0 Å². The van der Waals surface area contributed by atoms with E-state index < -0.39 is 22.2 Å². The maximum atomic E-state index is 13.5. The molecule has 2 aliphatic rings. The molecule has 0 bridgehead atoms. The first kappa shape index (κ1) is 34.8.